The number of aromatic nitrogens is 1. The zero-order valence-corrected chi connectivity index (χ0v) is 7.12. The van der Waals surface area contributed by atoms with Gasteiger partial charge in [0.1, 0.15) is 0 Å². The van der Waals surface area contributed by atoms with E-state index >= 15 is 0 Å². The summed E-state index contributed by atoms with van der Waals surface area (Å²) in [5.41, 5.74) is 1.28. The van der Waals surface area contributed by atoms with Crippen LogP contribution in [0.1, 0.15) is 19.0 Å². The summed E-state index contributed by atoms with van der Waals surface area (Å²) in [6, 6.07) is 4.11. The Balaban J connectivity index is 2.44. The summed E-state index contributed by atoms with van der Waals surface area (Å²) in [5, 5.41) is 9.03. The molecule has 1 aromatic heterocycles. The van der Waals surface area contributed by atoms with Crippen LogP contribution >= 0.6 is 0 Å². The van der Waals surface area contributed by atoms with Crippen molar-refractivity contribution in [1.82, 2.24) is 4.57 Å². The third-order valence-corrected chi connectivity index (χ3v) is 1.87. The van der Waals surface area contributed by atoms with E-state index in [9.17, 15) is 0 Å². The van der Waals surface area contributed by atoms with Gasteiger partial charge in [0.05, 0.1) is 6.10 Å². The van der Waals surface area contributed by atoms with E-state index in [-0.39, 0.29) is 6.10 Å². The molecular weight excluding hydrogens is 138 g/mol. The molecule has 0 amide bonds. The lowest BCUT2D eigenvalue weighted by molar-refractivity contribution is 0.184. The van der Waals surface area contributed by atoms with E-state index < -0.39 is 0 Å². The van der Waals surface area contributed by atoms with Crippen molar-refractivity contribution in [3.05, 3.63) is 24.0 Å². The Morgan fingerprint density at radius 1 is 1.64 bits per heavy atom. The Labute approximate surface area is 67.5 Å². The van der Waals surface area contributed by atoms with Gasteiger partial charge in [-0.3, -0.25) is 0 Å². The smallest absolute Gasteiger partial charge is 0.0515 e. The van der Waals surface area contributed by atoms with Crippen molar-refractivity contribution in [2.75, 3.05) is 0 Å². The van der Waals surface area contributed by atoms with Crippen molar-refractivity contribution in [3.8, 4) is 0 Å². The monoisotopic (exact) mass is 153 g/mol. The number of aliphatic hydroxyl groups is 1. The fraction of sp³-hybridized carbons (Fsp3) is 0.556. The molecule has 0 unspecified atom stereocenters. The van der Waals surface area contributed by atoms with Crippen molar-refractivity contribution in [3.63, 3.8) is 0 Å². The fourth-order valence-electron chi connectivity index (χ4n) is 1.11. The molecule has 0 aliphatic heterocycles. The first kappa shape index (κ1) is 8.34. The van der Waals surface area contributed by atoms with E-state index in [0.717, 1.165) is 12.8 Å². The quantitative estimate of drug-likeness (QED) is 0.696. The molecular formula is C9H15NO. The first-order valence-corrected chi connectivity index (χ1v) is 3.98. The van der Waals surface area contributed by atoms with Crippen LogP contribution in [-0.4, -0.2) is 15.8 Å². The molecule has 62 valence electrons. The zero-order valence-electron chi connectivity index (χ0n) is 7.12. The van der Waals surface area contributed by atoms with Crippen molar-refractivity contribution in [2.24, 2.45) is 7.05 Å². The maximum absolute atomic E-state index is 9.03. The minimum absolute atomic E-state index is 0.190. The molecule has 0 aliphatic rings. The number of aliphatic hydroxyl groups excluding tert-OH is 1. The summed E-state index contributed by atoms with van der Waals surface area (Å²) in [7, 11) is 2.03. The Hall–Kier alpha value is -0.760. The summed E-state index contributed by atoms with van der Waals surface area (Å²) >= 11 is 0. The second-order valence-corrected chi connectivity index (χ2v) is 3.00. The molecule has 0 fully saturated rings. The van der Waals surface area contributed by atoms with Crippen LogP contribution in [0.3, 0.4) is 0 Å². The standard InChI is InChI=1S/C9H15NO/c1-8(11)5-6-9-4-3-7-10(9)2/h3-4,7-8,11H,5-6H2,1-2H3/t8-/m0/s1. The molecule has 0 aliphatic carbocycles. The minimum atomic E-state index is -0.190. The van der Waals surface area contributed by atoms with Crippen LogP contribution in [-0.2, 0) is 13.5 Å². The number of rotatable bonds is 3. The molecule has 0 radical (unpaired) electrons. The average molecular weight is 153 g/mol. The van der Waals surface area contributed by atoms with E-state index in [0.29, 0.717) is 0 Å². The Bertz CT molecular complexity index is 215. The second kappa shape index (κ2) is 3.58. The first-order valence-electron chi connectivity index (χ1n) is 3.98. The minimum Gasteiger partial charge on any atom is -0.393 e. The summed E-state index contributed by atoms with van der Waals surface area (Å²) in [6.45, 7) is 1.82. The lowest BCUT2D eigenvalue weighted by atomic mass is 10.2. The predicted molar refractivity (Wildman–Crippen MR) is 45.4 cm³/mol. The lowest BCUT2D eigenvalue weighted by Gasteiger charge is -2.04. The van der Waals surface area contributed by atoms with Crippen molar-refractivity contribution < 1.29 is 5.11 Å². The number of aryl methyl sites for hydroxylation is 2. The lowest BCUT2D eigenvalue weighted by Crippen LogP contribution is -2.03. The molecule has 2 heteroatoms. The first-order chi connectivity index (χ1) is 5.20. The molecule has 0 aromatic carbocycles. The molecule has 1 aromatic rings. The second-order valence-electron chi connectivity index (χ2n) is 3.00. The molecule has 0 bridgehead atoms. The number of hydrogen-bond acceptors (Lipinski definition) is 1. The molecule has 1 N–H and O–H groups in total. The largest absolute Gasteiger partial charge is 0.393 e. The van der Waals surface area contributed by atoms with Gasteiger partial charge >= 0.3 is 0 Å². The summed E-state index contributed by atoms with van der Waals surface area (Å²) < 4.78 is 2.09. The van der Waals surface area contributed by atoms with Crippen molar-refractivity contribution in [2.45, 2.75) is 25.9 Å². The molecule has 1 heterocycles. The van der Waals surface area contributed by atoms with E-state index in [1.165, 1.54) is 5.69 Å². The highest BCUT2D eigenvalue weighted by atomic mass is 16.3. The van der Waals surface area contributed by atoms with E-state index in [4.69, 9.17) is 5.11 Å². The van der Waals surface area contributed by atoms with Gasteiger partial charge in [-0.05, 0) is 31.9 Å². The Morgan fingerprint density at radius 3 is 2.82 bits per heavy atom. The van der Waals surface area contributed by atoms with Crippen LogP contribution in [0.15, 0.2) is 18.3 Å². The highest BCUT2D eigenvalue weighted by Crippen LogP contribution is 2.04. The van der Waals surface area contributed by atoms with Crippen LogP contribution in [0.2, 0.25) is 0 Å². The van der Waals surface area contributed by atoms with Crippen LogP contribution < -0.4 is 0 Å². The Kier molecular flexibility index (Phi) is 2.71. The zero-order chi connectivity index (χ0) is 8.27. The normalized spacial score (nSPS) is 13.4. The summed E-state index contributed by atoms with van der Waals surface area (Å²) in [5.74, 6) is 0. The van der Waals surface area contributed by atoms with E-state index in [1.807, 2.05) is 26.2 Å². The van der Waals surface area contributed by atoms with Crippen molar-refractivity contribution >= 4 is 0 Å². The molecule has 2 nitrogen and oxygen atoms in total. The average Bonchev–Trinajstić information content (AvgIpc) is 2.31. The molecule has 1 rings (SSSR count). The number of hydrogen-bond donors (Lipinski definition) is 1. The fourth-order valence-corrected chi connectivity index (χ4v) is 1.11. The van der Waals surface area contributed by atoms with Gasteiger partial charge in [0.25, 0.3) is 0 Å². The predicted octanol–water partition coefficient (Wildman–Crippen LogP) is 1.34. The van der Waals surface area contributed by atoms with Gasteiger partial charge in [-0.25, -0.2) is 0 Å². The van der Waals surface area contributed by atoms with E-state index in [2.05, 4.69) is 10.6 Å². The van der Waals surface area contributed by atoms with Crippen LogP contribution in [0.4, 0.5) is 0 Å². The SMILES string of the molecule is C[C@H](O)CCc1cccn1C. The maximum atomic E-state index is 9.03. The third kappa shape index (κ3) is 2.39. The van der Waals surface area contributed by atoms with Crippen LogP contribution in [0.5, 0.6) is 0 Å². The topological polar surface area (TPSA) is 25.2 Å². The van der Waals surface area contributed by atoms with Crippen LogP contribution in [0.25, 0.3) is 0 Å². The van der Waals surface area contributed by atoms with Gasteiger partial charge in [-0.1, -0.05) is 0 Å². The maximum Gasteiger partial charge on any atom is 0.0515 e. The molecule has 0 saturated heterocycles. The highest BCUT2D eigenvalue weighted by Gasteiger charge is 1.99. The molecule has 1 atom stereocenters. The van der Waals surface area contributed by atoms with Gasteiger partial charge in [-0.2, -0.15) is 0 Å². The van der Waals surface area contributed by atoms with Gasteiger partial charge in [0, 0.05) is 18.9 Å². The van der Waals surface area contributed by atoms with Crippen molar-refractivity contribution in [1.29, 1.82) is 0 Å². The van der Waals surface area contributed by atoms with Crippen LogP contribution in [0, 0.1) is 0 Å². The van der Waals surface area contributed by atoms with Gasteiger partial charge in [0.2, 0.25) is 0 Å². The van der Waals surface area contributed by atoms with E-state index in [1.54, 1.807) is 0 Å². The highest BCUT2D eigenvalue weighted by molar-refractivity contribution is 5.06. The number of nitrogens with zero attached hydrogens (tertiary/aromatic N) is 1. The van der Waals surface area contributed by atoms with Gasteiger partial charge in [0.15, 0.2) is 0 Å². The Morgan fingerprint density at radius 2 is 2.36 bits per heavy atom. The van der Waals surface area contributed by atoms with Gasteiger partial charge in [-0.15, -0.1) is 0 Å². The molecule has 0 saturated carbocycles. The third-order valence-electron chi connectivity index (χ3n) is 1.87. The summed E-state index contributed by atoms with van der Waals surface area (Å²) in [6.07, 6.45) is 3.64. The van der Waals surface area contributed by atoms with Gasteiger partial charge < -0.3 is 9.67 Å². The summed E-state index contributed by atoms with van der Waals surface area (Å²) in [4.78, 5) is 0. The molecule has 11 heavy (non-hydrogen) atoms. The molecule has 0 spiro atoms.